The fourth-order valence-electron chi connectivity index (χ4n) is 2.92. The Balaban J connectivity index is 2.19. The third-order valence-electron chi connectivity index (χ3n) is 4.07. The van der Waals surface area contributed by atoms with Crippen LogP contribution in [0.3, 0.4) is 0 Å². The third kappa shape index (κ3) is 3.37. The Morgan fingerprint density at radius 1 is 1.40 bits per heavy atom. The highest BCUT2D eigenvalue weighted by atomic mass is 32.2. The molecular formula is C14H23N3O2S. The Bertz CT molecular complexity index is 559. The summed E-state index contributed by atoms with van der Waals surface area (Å²) in [4.78, 5) is 4.25. The van der Waals surface area contributed by atoms with Crippen LogP contribution in [0.5, 0.6) is 0 Å². The van der Waals surface area contributed by atoms with Gasteiger partial charge in [-0.1, -0.05) is 13.8 Å². The number of hydrogen-bond acceptors (Lipinski definition) is 4. The minimum absolute atomic E-state index is 0.00188. The summed E-state index contributed by atoms with van der Waals surface area (Å²) < 4.78 is 27.8. The van der Waals surface area contributed by atoms with E-state index >= 15 is 0 Å². The zero-order valence-corrected chi connectivity index (χ0v) is 12.9. The second-order valence-electron chi connectivity index (χ2n) is 5.78. The van der Waals surface area contributed by atoms with Crippen LogP contribution in [0.2, 0.25) is 0 Å². The molecule has 0 bridgehead atoms. The molecule has 1 saturated carbocycles. The number of pyridine rings is 1. The van der Waals surface area contributed by atoms with Crippen molar-refractivity contribution in [1.82, 2.24) is 9.71 Å². The van der Waals surface area contributed by atoms with Crippen LogP contribution >= 0.6 is 0 Å². The monoisotopic (exact) mass is 297 g/mol. The predicted molar refractivity (Wildman–Crippen MR) is 78.4 cm³/mol. The molecule has 0 radical (unpaired) electrons. The Kier molecular flexibility index (Phi) is 4.78. The van der Waals surface area contributed by atoms with Crippen molar-refractivity contribution in [1.29, 1.82) is 0 Å². The molecule has 112 valence electrons. The number of aromatic nitrogens is 1. The largest absolute Gasteiger partial charge is 0.325 e. The lowest BCUT2D eigenvalue weighted by Gasteiger charge is -2.33. The maximum Gasteiger partial charge on any atom is 0.242 e. The van der Waals surface area contributed by atoms with Crippen molar-refractivity contribution in [2.75, 3.05) is 0 Å². The van der Waals surface area contributed by atoms with Crippen LogP contribution in [0.15, 0.2) is 23.2 Å². The molecule has 5 nitrogen and oxygen atoms in total. The molecule has 6 heteroatoms. The Labute approximate surface area is 121 Å². The van der Waals surface area contributed by atoms with Crippen LogP contribution in [-0.4, -0.2) is 19.4 Å². The highest BCUT2D eigenvalue weighted by molar-refractivity contribution is 7.89. The minimum Gasteiger partial charge on any atom is -0.325 e. The van der Waals surface area contributed by atoms with E-state index in [1.807, 2.05) is 0 Å². The summed E-state index contributed by atoms with van der Waals surface area (Å²) in [5.41, 5.74) is 5.98. The van der Waals surface area contributed by atoms with E-state index in [1.165, 1.54) is 0 Å². The van der Waals surface area contributed by atoms with Gasteiger partial charge in [-0.05, 0) is 43.2 Å². The Hall–Kier alpha value is -0.980. The van der Waals surface area contributed by atoms with Gasteiger partial charge in [-0.15, -0.1) is 0 Å². The SMILES string of the molecule is CC1CCC(NS(=O)(=O)c2cccnc2CN)C(C)C1. The quantitative estimate of drug-likeness (QED) is 0.885. The van der Waals surface area contributed by atoms with E-state index in [0.717, 1.165) is 19.3 Å². The molecule has 3 N–H and O–H groups in total. The van der Waals surface area contributed by atoms with Crippen molar-refractivity contribution in [2.45, 2.75) is 50.6 Å². The van der Waals surface area contributed by atoms with Crippen LogP contribution in [0.1, 0.15) is 38.8 Å². The molecule has 2 rings (SSSR count). The number of nitrogens with one attached hydrogen (secondary N) is 1. The summed E-state index contributed by atoms with van der Waals surface area (Å²) >= 11 is 0. The molecule has 0 amide bonds. The standard InChI is InChI=1S/C14H23N3O2S/c1-10-5-6-12(11(2)8-10)17-20(18,19)14-4-3-7-16-13(14)9-15/h3-4,7,10-12,17H,5-6,8-9,15H2,1-2H3. The van der Waals surface area contributed by atoms with Gasteiger partial charge >= 0.3 is 0 Å². The summed E-state index contributed by atoms with van der Waals surface area (Å²) in [6, 6.07) is 3.19. The molecule has 0 spiro atoms. The predicted octanol–water partition coefficient (Wildman–Crippen LogP) is 1.64. The van der Waals surface area contributed by atoms with E-state index in [0.29, 0.717) is 17.5 Å². The topological polar surface area (TPSA) is 85.1 Å². The molecule has 1 fully saturated rings. The first kappa shape index (κ1) is 15.4. The van der Waals surface area contributed by atoms with Crippen molar-refractivity contribution >= 4 is 10.0 Å². The third-order valence-corrected chi connectivity index (χ3v) is 5.63. The summed E-state index contributed by atoms with van der Waals surface area (Å²) in [7, 11) is -3.55. The molecule has 1 aromatic rings. The summed E-state index contributed by atoms with van der Waals surface area (Å²) in [6.07, 6.45) is 4.57. The summed E-state index contributed by atoms with van der Waals surface area (Å²) in [6.45, 7) is 4.44. The average molecular weight is 297 g/mol. The van der Waals surface area contributed by atoms with Gasteiger partial charge in [0.2, 0.25) is 10.0 Å². The summed E-state index contributed by atoms with van der Waals surface area (Å²) in [5, 5.41) is 0. The van der Waals surface area contributed by atoms with Crippen LogP contribution in [-0.2, 0) is 16.6 Å². The second kappa shape index (κ2) is 6.20. The fourth-order valence-corrected chi connectivity index (χ4v) is 4.50. The second-order valence-corrected chi connectivity index (χ2v) is 7.46. The lowest BCUT2D eigenvalue weighted by atomic mass is 9.80. The number of nitrogens with zero attached hydrogens (tertiary/aromatic N) is 1. The molecule has 20 heavy (non-hydrogen) atoms. The smallest absolute Gasteiger partial charge is 0.242 e. The van der Waals surface area contributed by atoms with Gasteiger partial charge in [-0.3, -0.25) is 4.98 Å². The molecule has 3 atom stereocenters. The van der Waals surface area contributed by atoms with E-state index in [-0.39, 0.29) is 17.5 Å². The van der Waals surface area contributed by atoms with Gasteiger partial charge in [0.15, 0.2) is 0 Å². The van der Waals surface area contributed by atoms with Gasteiger partial charge in [0.25, 0.3) is 0 Å². The van der Waals surface area contributed by atoms with E-state index in [2.05, 4.69) is 23.6 Å². The van der Waals surface area contributed by atoms with Gasteiger partial charge in [-0.25, -0.2) is 13.1 Å². The number of sulfonamides is 1. The molecule has 1 heterocycles. The van der Waals surface area contributed by atoms with E-state index < -0.39 is 10.0 Å². The zero-order valence-electron chi connectivity index (χ0n) is 12.0. The van der Waals surface area contributed by atoms with Gasteiger partial charge in [0, 0.05) is 18.8 Å². The van der Waals surface area contributed by atoms with Crippen LogP contribution < -0.4 is 10.5 Å². The fraction of sp³-hybridized carbons (Fsp3) is 0.643. The van der Waals surface area contributed by atoms with Crippen molar-refractivity contribution < 1.29 is 8.42 Å². The Morgan fingerprint density at radius 3 is 2.80 bits per heavy atom. The maximum absolute atomic E-state index is 12.5. The van der Waals surface area contributed by atoms with Crippen LogP contribution in [0.4, 0.5) is 0 Å². The molecular weight excluding hydrogens is 274 g/mol. The number of nitrogens with two attached hydrogens (primary N) is 1. The van der Waals surface area contributed by atoms with Gasteiger partial charge < -0.3 is 5.73 Å². The molecule has 3 unspecified atom stereocenters. The molecule has 0 saturated heterocycles. The van der Waals surface area contributed by atoms with Crippen LogP contribution in [0.25, 0.3) is 0 Å². The first-order valence-electron chi connectivity index (χ1n) is 7.10. The first-order valence-corrected chi connectivity index (χ1v) is 8.58. The van der Waals surface area contributed by atoms with Gasteiger partial charge in [0.1, 0.15) is 4.90 Å². The zero-order chi connectivity index (χ0) is 14.8. The molecule has 0 aliphatic heterocycles. The Morgan fingerprint density at radius 2 is 2.15 bits per heavy atom. The van der Waals surface area contributed by atoms with Crippen molar-refractivity contribution in [2.24, 2.45) is 17.6 Å². The first-order chi connectivity index (χ1) is 9.44. The average Bonchev–Trinajstić information content (AvgIpc) is 2.42. The molecule has 1 aliphatic rings. The van der Waals surface area contributed by atoms with Crippen molar-refractivity contribution in [3.05, 3.63) is 24.0 Å². The van der Waals surface area contributed by atoms with Gasteiger partial charge in [0.05, 0.1) is 5.69 Å². The van der Waals surface area contributed by atoms with E-state index in [4.69, 9.17) is 5.73 Å². The molecule has 1 aliphatic carbocycles. The molecule has 0 aromatic carbocycles. The van der Waals surface area contributed by atoms with E-state index in [9.17, 15) is 8.42 Å². The normalized spacial score (nSPS) is 27.4. The molecule has 1 aromatic heterocycles. The van der Waals surface area contributed by atoms with Crippen LogP contribution in [0, 0.1) is 11.8 Å². The highest BCUT2D eigenvalue weighted by Crippen LogP contribution is 2.29. The lowest BCUT2D eigenvalue weighted by Crippen LogP contribution is -2.42. The maximum atomic E-state index is 12.5. The van der Waals surface area contributed by atoms with Crippen molar-refractivity contribution in [3.63, 3.8) is 0 Å². The minimum atomic E-state index is -3.55. The van der Waals surface area contributed by atoms with E-state index in [1.54, 1.807) is 18.3 Å². The van der Waals surface area contributed by atoms with Gasteiger partial charge in [-0.2, -0.15) is 0 Å². The number of rotatable bonds is 4. The summed E-state index contributed by atoms with van der Waals surface area (Å²) in [5.74, 6) is 1.02. The van der Waals surface area contributed by atoms with Crippen molar-refractivity contribution in [3.8, 4) is 0 Å². The highest BCUT2D eigenvalue weighted by Gasteiger charge is 2.30. The lowest BCUT2D eigenvalue weighted by molar-refractivity contribution is 0.249. The number of hydrogen-bond donors (Lipinski definition) is 2.